The molecule has 1 aromatic carbocycles. The molecule has 4 N–H and O–H groups in total. The number of carbonyl (C=O) groups excluding carboxylic acids is 2. The lowest BCUT2D eigenvalue weighted by molar-refractivity contribution is 0.0703. The van der Waals surface area contributed by atoms with Crippen LogP contribution in [0.1, 0.15) is 32.9 Å². The lowest BCUT2D eigenvalue weighted by atomic mass is 10.1. The van der Waals surface area contributed by atoms with E-state index < -0.39 is 11.9 Å². The van der Waals surface area contributed by atoms with Gasteiger partial charge in [0.05, 0.1) is 10.4 Å². The van der Waals surface area contributed by atoms with Gasteiger partial charge in [-0.1, -0.05) is 0 Å². The van der Waals surface area contributed by atoms with Crippen LogP contribution in [0.25, 0.3) is 10.1 Å². The molecule has 1 aliphatic rings. The molecule has 0 aliphatic heterocycles. The molecule has 28 heavy (non-hydrogen) atoms. The predicted octanol–water partition coefficient (Wildman–Crippen LogP) is 3.53. The van der Waals surface area contributed by atoms with Crippen molar-refractivity contribution >= 4 is 50.7 Å². The first-order chi connectivity index (χ1) is 13.5. The number of pyridine rings is 1. The quantitative estimate of drug-likeness (QED) is 0.526. The second-order valence-corrected chi connectivity index (χ2v) is 7.44. The van der Waals surface area contributed by atoms with Crippen LogP contribution in [0.5, 0.6) is 0 Å². The van der Waals surface area contributed by atoms with E-state index in [4.69, 9.17) is 0 Å². The molecule has 0 atom stereocenters. The van der Waals surface area contributed by atoms with Crippen molar-refractivity contribution in [3.8, 4) is 0 Å². The fourth-order valence-electron chi connectivity index (χ4n) is 2.70. The van der Waals surface area contributed by atoms with Gasteiger partial charge < -0.3 is 21.1 Å². The number of rotatable bonds is 5. The van der Waals surface area contributed by atoms with Crippen molar-refractivity contribution in [2.24, 2.45) is 0 Å². The van der Waals surface area contributed by atoms with Crippen LogP contribution >= 0.6 is 11.3 Å². The molecule has 1 saturated carbocycles. The molecular formula is C19H16N4O4S. The summed E-state index contributed by atoms with van der Waals surface area (Å²) in [7, 11) is 0. The number of fused-ring (bicyclic) bond motifs is 1. The van der Waals surface area contributed by atoms with Crippen LogP contribution < -0.4 is 16.0 Å². The van der Waals surface area contributed by atoms with Crippen molar-refractivity contribution in [2.75, 3.05) is 10.6 Å². The third kappa shape index (κ3) is 3.79. The normalized spacial score (nSPS) is 13.1. The number of amides is 3. The number of carbonyl (C=O) groups is 3. The topological polar surface area (TPSA) is 120 Å². The largest absolute Gasteiger partial charge is 0.477 e. The minimum absolute atomic E-state index is 0.0476. The minimum atomic E-state index is -1.11. The SMILES string of the molecule is O=C(Nc1ccc(C(=O)Nc2c(C(=O)O)sc3cnccc23)cc1)NC1CC1. The van der Waals surface area contributed by atoms with Gasteiger partial charge in [-0.05, 0) is 43.2 Å². The number of hydrogen-bond donors (Lipinski definition) is 4. The lowest BCUT2D eigenvalue weighted by Gasteiger charge is -2.08. The second kappa shape index (κ2) is 7.28. The molecule has 0 saturated heterocycles. The number of aromatic nitrogens is 1. The summed E-state index contributed by atoms with van der Waals surface area (Å²) in [4.78, 5) is 39.9. The van der Waals surface area contributed by atoms with Crippen LogP contribution in [0, 0.1) is 0 Å². The van der Waals surface area contributed by atoms with Gasteiger partial charge in [0.15, 0.2) is 0 Å². The van der Waals surface area contributed by atoms with Gasteiger partial charge in [0, 0.05) is 35.1 Å². The number of benzene rings is 1. The molecule has 4 rings (SSSR count). The van der Waals surface area contributed by atoms with Crippen molar-refractivity contribution in [2.45, 2.75) is 18.9 Å². The van der Waals surface area contributed by atoms with Crippen molar-refractivity contribution in [1.82, 2.24) is 10.3 Å². The summed E-state index contributed by atoms with van der Waals surface area (Å²) in [6.45, 7) is 0. The molecule has 1 fully saturated rings. The van der Waals surface area contributed by atoms with Crippen molar-refractivity contribution in [1.29, 1.82) is 0 Å². The summed E-state index contributed by atoms with van der Waals surface area (Å²) in [6, 6.07) is 8.02. The highest BCUT2D eigenvalue weighted by atomic mass is 32.1. The molecule has 0 bridgehead atoms. The van der Waals surface area contributed by atoms with Gasteiger partial charge in [-0.2, -0.15) is 0 Å². The predicted molar refractivity (Wildman–Crippen MR) is 106 cm³/mol. The molecule has 3 aromatic rings. The van der Waals surface area contributed by atoms with E-state index in [-0.39, 0.29) is 22.6 Å². The Hall–Kier alpha value is -3.46. The maximum Gasteiger partial charge on any atom is 0.348 e. The molecule has 1 aliphatic carbocycles. The van der Waals surface area contributed by atoms with E-state index in [0.29, 0.717) is 21.3 Å². The summed E-state index contributed by atoms with van der Waals surface area (Å²) in [5, 5.41) is 18.3. The first-order valence-corrected chi connectivity index (χ1v) is 9.41. The average molecular weight is 396 g/mol. The smallest absolute Gasteiger partial charge is 0.348 e. The van der Waals surface area contributed by atoms with Crippen LogP contribution in [0.3, 0.4) is 0 Å². The summed E-state index contributed by atoms with van der Waals surface area (Å²) < 4.78 is 0.677. The van der Waals surface area contributed by atoms with Gasteiger partial charge in [0.25, 0.3) is 5.91 Å². The molecule has 0 unspecified atom stereocenters. The van der Waals surface area contributed by atoms with Crippen LogP contribution in [-0.2, 0) is 0 Å². The maximum atomic E-state index is 12.6. The fraction of sp³-hybridized carbons (Fsp3) is 0.158. The number of thiophene rings is 1. The van der Waals surface area contributed by atoms with E-state index >= 15 is 0 Å². The number of aromatic carboxylic acids is 1. The van der Waals surface area contributed by atoms with Crippen LogP contribution in [0.15, 0.2) is 42.7 Å². The van der Waals surface area contributed by atoms with Gasteiger partial charge in [-0.3, -0.25) is 9.78 Å². The number of nitrogens with one attached hydrogen (secondary N) is 3. The molecule has 0 spiro atoms. The van der Waals surface area contributed by atoms with Crippen molar-refractivity contribution in [3.63, 3.8) is 0 Å². The number of nitrogens with zero attached hydrogens (tertiary/aromatic N) is 1. The van der Waals surface area contributed by atoms with Crippen LogP contribution in [0.2, 0.25) is 0 Å². The Morgan fingerprint density at radius 3 is 2.50 bits per heavy atom. The second-order valence-electron chi connectivity index (χ2n) is 6.39. The zero-order chi connectivity index (χ0) is 19.7. The van der Waals surface area contributed by atoms with Crippen LogP contribution in [-0.4, -0.2) is 34.0 Å². The molecule has 8 nitrogen and oxygen atoms in total. The highest BCUT2D eigenvalue weighted by molar-refractivity contribution is 7.21. The number of hydrogen-bond acceptors (Lipinski definition) is 5. The Bertz CT molecular complexity index is 1070. The van der Waals surface area contributed by atoms with Crippen molar-refractivity contribution in [3.05, 3.63) is 53.2 Å². The van der Waals surface area contributed by atoms with Gasteiger partial charge in [-0.15, -0.1) is 11.3 Å². The third-order valence-corrected chi connectivity index (χ3v) is 5.37. The maximum absolute atomic E-state index is 12.6. The van der Waals surface area contributed by atoms with E-state index in [1.807, 2.05) is 0 Å². The highest BCUT2D eigenvalue weighted by Gasteiger charge is 2.23. The van der Waals surface area contributed by atoms with E-state index in [9.17, 15) is 19.5 Å². The van der Waals surface area contributed by atoms with Gasteiger partial charge in [0.1, 0.15) is 4.88 Å². The zero-order valence-electron chi connectivity index (χ0n) is 14.6. The first-order valence-electron chi connectivity index (χ1n) is 8.60. The minimum Gasteiger partial charge on any atom is -0.477 e. The van der Waals surface area contributed by atoms with E-state index in [1.165, 1.54) is 0 Å². The molecule has 142 valence electrons. The van der Waals surface area contributed by atoms with E-state index in [0.717, 1.165) is 24.2 Å². The Morgan fingerprint density at radius 1 is 1.07 bits per heavy atom. The van der Waals surface area contributed by atoms with E-state index in [1.54, 1.807) is 42.7 Å². The Morgan fingerprint density at radius 2 is 1.82 bits per heavy atom. The number of urea groups is 1. The summed E-state index contributed by atoms with van der Waals surface area (Å²) in [5.41, 5.74) is 1.16. The van der Waals surface area contributed by atoms with Gasteiger partial charge >= 0.3 is 12.0 Å². The molecule has 2 heterocycles. The molecular weight excluding hydrogens is 380 g/mol. The Kier molecular flexibility index (Phi) is 4.66. The monoisotopic (exact) mass is 396 g/mol. The average Bonchev–Trinajstić information content (AvgIpc) is 3.41. The third-order valence-electron chi connectivity index (χ3n) is 4.24. The fourth-order valence-corrected chi connectivity index (χ4v) is 3.66. The number of carboxylic acid groups (broad SMARTS) is 1. The Balaban J connectivity index is 1.50. The number of anilines is 2. The molecule has 0 radical (unpaired) electrons. The van der Waals surface area contributed by atoms with Crippen LogP contribution in [0.4, 0.5) is 16.2 Å². The summed E-state index contributed by atoms with van der Waals surface area (Å²) in [5.74, 6) is -1.55. The first kappa shape index (κ1) is 17.9. The van der Waals surface area contributed by atoms with E-state index in [2.05, 4.69) is 20.9 Å². The summed E-state index contributed by atoms with van der Waals surface area (Å²) in [6.07, 6.45) is 5.11. The van der Waals surface area contributed by atoms with Gasteiger partial charge in [-0.25, -0.2) is 9.59 Å². The number of carboxylic acids is 1. The standard InChI is InChI=1S/C19H16N4O4S/c24-17(10-1-3-11(4-2-10)21-19(27)22-12-5-6-12)23-15-13-7-8-20-9-14(13)28-16(15)18(25)26/h1-4,7-9,12H,5-6H2,(H,23,24)(H,25,26)(H2,21,22,27). The summed E-state index contributed by atoms with van der Waals surface area (Å²) >= 11 is 1.06. The highest BCUT2D eigenvalue weighted by Crippen LogP contribution is 2.35. The zero-order valence-corrected chi connectivity index (χ0v) is 15.4. The molecule has 3 amide bonds. The lowest BCUT2D eigenvalue weighted by Crippen LogP contribution is -2.30. The van der Waals surface area contributed by atoms with Crippen molar-refractivity contribution < 1.29 is 19.5 Å². The van der Waals surface area contributed by atoms with Gasteiger partial charge in [0.2, 0.25) is 0 Å². The molecule has 2 aromatic heterocycles. The molecule has 9 heteroatoms. The Labute approximate surface area is 163 Å².